The minimum Gasteiger partial charge on any atom is -0.494 e. The summed E-state index contributed by atoms with van der Waals surface area (Å²) in [6.45, 7) is 9.29. The number of piperidine rings is 1. The molecule has 2 aliphatic rings. The number of carbonyl (C=O) groups excluding carboxylic acids is 1. The van der Waals surface area contributed by atoms with Crippen LogP contribution in [0.25, 0.3) is 0 Å². The Morgan fingerprint density at radius 3 is 2.56 bits per heavy atom. The highest BCUT2D eigenvalue weighted by Crippen LogP contribution is 2.41. The van der Waals surface area contributed by atoms with Crippen molar-refractivity contribution in [2.45, 2.75) is 57.7 Å². The first kappa shape index (κ1) is 22.8. The molecule has 174 valence electrons. The molecule has 32 heavy (non-hydrogen) atoms. The first-order valence-corrected chi connectivity index (χ1v) is 12.6. The molecule has 1 amide bonds. The van der Waals surface area contributed by atoms with Crippen LogP contribution < -0.4 is 19.7 Å². The summed E-state index contributed by atoms with van der Waals surface area (Å²) in [5, 5.41) is 12.7. The van der Waals surface area contributed by atoms with Gasteiger partial charge in [-0.2, -0.15) is 0 Å². The molecule has 0 spiro atoms. The average Bonchev–Trinajstić information content (AvgIpc) is 3.54. The summed E-state index contributed by atoms with van der Waals surface area (Å²) < 4.78 is 13.5. The maximum atomic E-state index is 12.8. The van der Waals surface area contributed by atoms with Gasteiger partial charge in [-0.15, -0.1) is 10.2 Å². The number of anilines is 2. The molecular weight excluding hydrogens is 426 g/mol. The number of rotatable bonds is 10. The van der Waals surface area contributed by atoms with Crippen molar-refractivity contribution in [1.82, 2.24) is 14.8 Å². The van der Waals surface area contributed by atoms with Crippen molar-refractivity contribution in [1.29, 1.82) is 0 Å². The van der Waals surface area contributed by atoms with E-state index in [-0.39, 0.29) is 11.7 Å². The summed E-state index contributed by atoms with van der Waals surface area (Å²) in [5.74, 6) is 3.22. The Bertz CT molecular complexity index is 922. The average molecular weight is 460 g/mol. The van der Waals surface area contributed by atoms with E-state index in [0.29, 0.717) is 36.4 Å². The molecule has 1 saturated heterocycles. The Hall–Kier alpha value is -2.42. The summed E-state index contributed by atoms with van der Waals surface area (Å²) >= 11 is 1.44. The smallest absolute Gasteiger partial charge is 0.234 e. The fraction of sp³-hybridized carbons (Fsp3) is 0.609. The van der Waals surface area contributed by atoms with Gasteiger partial charge in [0.15, 0.2) is 5.16 Å². The van der Waals surface area contributed by atoms with E-state index in [1.54, 1.807) is 6.07 Å². The lowest BCUT2D eigenvalue weighted by molar-refractivity contribution is -0.113. The molecule has 2 heterocycles. The first-order chi connectivity index (χ1) is 15.6. The van der Waals surface area contributed by atoms with E-state index < -0.39 is 0 Å². The van der Waals surface area contributed by atoms with Gasteiger partial charge >= 0.3 is 0 Å². The SMILES string of the molecule is CCOc1ccc(OCC)c(NC(=O)CSc2nnc(N3CCC(C)CC3)n2C2CC2)c1. The summed E-state index contributed by atoms with van der Waals surface area (Å²) in [7, 11) is 0. The Morgan fingerprint density at radius 1 is 1.12 bits per heavy atom. The topological polar surface area (TPSA) is 81.5 Å². The quantitative estimate of drug-likeness (QED) is 0.528. The zero-order chi connectivity index (χ0) is 22.5. The van der Waals surface area contributed by atoms with Crippen molar-refractivity contribution in [3.05, 3.63) is 18.2 Å². The molecule has 1 aliphatic heterocycles. The van der Waals surface area contributed by atoms with Crippen LogP contribution in [0.3, 0.4) is 0 Å². The van der Waals surface area contributed by atoms with Crippen LogP contribution in [0.2, 0.25) is 0 Å². The van der Waals surface area contributed by atoms with Crippen molar-refractivity contribution in [3.8, 4) is 11.5 Å². The van der Waals surface area contributed by atoms with E-state index in [2.05, 4.69) is 31.9 Å². The number of benzene rings is 1. The van der Waals surface area contributed by atoms with Gasteiger partial charge in [0.2, 0.25) is 11.9 Å². The highest BCUT2D eigenvalue weighted by atomic mass is 32.2. The van der Waals surface area contributed by atoms with Gasteiger partial charge in [0.1, 0.15) is 11.5 Å². The Labute approximate surface area is 194 Å². The van der Waals surface area contributed by atoms with E-state index in [0.717, 1.165) is 43.0 Å². The Morgan fingerprint density at radius 2 is 1.88 bits per heavy atom. The lowest BCUT2D eigenvalue weighted by Gasteiger charge is -2.31. The van der Waals surface area contributed by atoms with Gasteiger partial charge in [-0.1, -0.05) is 18.7 Å². The van der Waals surface area contributed by atoms with Crippen LogP contribution in [-0.4, -0.2) is 52.7 Å². The molecule has 0 unspecified atom stereocenters. The molecule has 1 N–H and O–H groups in total. The monoisotopic (exact) mass is 459 g/mol. The van der Waals surface area contributed by atoms with Gasteiger partial charge in [-0.25, -0.2) is 0 Å². The highest BCUT2D eigenvalue weighted by Gasteiger charge is 2.32. The highest BCUT2D eigenvalue weighted by molar-refractivity contribution is 7.99. The number of ether oxygens (including phenoxy) is 2. The Kier molecular flexibility index (Phi) is 7.44. The van der Waals surface area contributed by atoms with Gasteiger partial charge < -0.3 is 19.7 Å². The number of hydrogen-bond donors (Lipinski definition) is 1. The first-order valence-electron chi connectivity index (χ1n) is 11.6. The number of hydrogen-bond acceptors (Lipinski definition) is 7. The molecule has 2 fully saturated rings. The molecule has 1 aromatic carbocycles. The van der Waals surface area contributed by atoms with E-state index in [1.807, 2.05) is 26.0 Å². The molecule has 1 aromatic heterocycles. The van der Waals surface area contributed by atoms with Crippen molar-refractivity contribution in [2.24, 2.45) is 5.92 Å². The van der Waals surface area contributed by atoms with Gasteiger partial charge in [0.05, 0.1) is 24.7 Å². The molecule has 0 atom stereocenters. The predicted octanol–water partition coefficient (Wildman–Crippen LogP) is 4.38. The number of amides is 1. The van der Waals surface area contributed by atoms with E-state index in [9.17, 15) is 4.79 Å². The molecule has 8 nitrogen and oxygen atoms in total. The molecule has 4 rings (SSSR count). The number of carbonyl (C=O) groups is 1. The van der Waals surface area contributed by atoms with Crippen molar-refractivity contribution < 1.29 is 14.3 Å². The van der Waals surface area contributed by atoms with Crippen molar-refractivity contribution in [2.75, 3.05) is 42.3 Å². The van der Waals surface area contributed by atoms with Crippen LogP contribution in [0.1, 0.15) is 52.5 Å². The molecule has 2 aromatic rings. The largest absolute Gasteiger partial charge is 0.494 e. The van der Waals surface area contributed by atoms with Gasteiger partial charge in [-0.3, -0.25) is 9.36 Å². The summed E-state index contributed by atoms with van der Waals surface area (Å²) in [4.78, 5) is 15.1. The molecule has 0 bridgehead atoms. The second kappa shape index (κ2) is 10.5. The predicted molar refractivity (Wildman–Crippen MR) is 127 cm³/mol. The normalized spacial score (nSPS) is 16.8. The fourth-order valence-corrected chi connectivity index (χ4v) is 4.71. The molecule has 1 aliphatic carbocycles. The van der Waals surface area contributed by atoms with Crippen molar-refractivity contribution >= 4 is 29.3 Å². The van der Waals surface area contributed by atoms with Crippen LogP contribution >= 0.6 is 11.8 Å². The minimum atomic E-state index is -0.108. The van der Waals surface area contributed by atoms with E-state index in [4.69, 9.17) is 9.47 Å². The second-order valence-electron chi connectivity index (χ2n) is 8.41. The summed E-state index contributed by atoms with van der Waals surface area (Å²) in [6, 6.07) is 5.93. The molecule has 1 saturated carbocycles. The maximum absolute atomic E-state index is 12.8. The second-order valence-corrected chi connectivity index (χ2v) is 9.36. The third-order valence-corrected chi connectivity index (χ3v) is 6.74. The number of aromatic nitrogens is 3. The zero-order valence-corrected chi connectivity index (χ0v) is 20.0. The Balaban J connectivity index is 1.42. The van der Waals surface area contributed by atoms with Gasteiger partial charge in [-0.05, 0) is 57.6 Å². The third-order valence-electron chi connectivity index (χ3n) is 5.79. The summed E-state index contributed by atoms with van der Waals surface area (Å²) in [6.07, 6.45) is 4.67. The maximum Gasteiger partial charge on any atom is 0.234 e. The molecule has 9 heteroatoms. The van der Waals surface area contributed by atoms with Crippen LogP contribution in [-0.2, 0) is 4.79 Å². The lowest BCUT2D eigenvalue weighted by Crippen LogP contribution is -2.34. The zero-order valence-electron chi connectivity index (χ0n) is 19.2. The molecule has 0 radical (unpaired) electrons. The lowest BCUT2D eigenvalue weighted by atomic mass is 10.00. The third kappa shape index (κ3) is 5.49. The van der Waals surface area contributed by atoms with Crippen LogP contribution in [0.5, 0.6) is 11.5 Å². The van der Waals surface area contributed by atoms with Crippen LogP contribution in [0, 0.1) is 5.92 Å². The number of nitrogens with one attached hydrogen (secondary N) is 1. The van der Waals surface area contributed by atoms with Gasteiger partial charge in [0, 0.05) is 25.2 Å². The minimum absolute atomic E-state index is 0.108. The van der Waals surface area contributed by atoms with E-state index in [1.165, 1.54) is 24.6 Å². The fourth-order valence-electron chi connectivity index (χ4n) is 3.91. The van der Waals surface area contributed by atoms with Gasteiger partial charge in [0.25, 0.3) is 0 Å². The van der Waals surface area contributed by atoms with E-state index >= 15 is 0 Å². The number of thioether (sulfide) groups is 1. The summed E-state index contributed by atoms with van der Waals surface area (Å²) in [5.41, 5.74) is 0.621. The number of nitrogens with zero attached hydrogens (tertiary/aromatic N) is 4. The van der Waals surface area contributed by atoms with Crippen LogP contribution in [0.4, 0.5) is 11.6 Å². The molecular formula is C23H33N5O3S. The van der Waals surface area contributed by atoms with Crippen molar-refractivity contribution in [3.63, 3.8) is 0 Å². The standard InChI is InChI=1S/C23H33N5O3S/c1-4-30-18-8-9-20(31-5-2)19(14-18)24-21(29)15-32-23-26-25-22(28(23)17-6-7-17)27-12-10-16(3)11-13-27/h8-9,14,16-17H,4-7,10-13,15H2,1-3H3,(H,24,29). The van der Waals surface area contributed by atoms with Crippen LogP contribution in [0.15, 0.2) is 23.4 Å².